The summed E-state index contributed by atoms with van der Waals surface area (Å²) < 4.78 is 40.5. The van der Waals surface area contributed by atoms with Crippen molar-refractivity contribution in [2.24, 2.45) is 5.92 Å². The first-order chi connectivity index (χ1) is 12.2. The Hall–Kier alpha value is -2.64. The highest BCUT2D eigenvalue weighted by molar-refractivity contribution is 5.99. The lowest BCUT2D eigenvalue weighted by Gasteiger charge is -2.34. The number of carbonyl (C=O) groups excluding carboxylic acids is 1. The van der Waals surface area contributed by atoms with Crippen LogP contribution in [0.5, 0.6) is 0 Å². The Bertz CT molecular complexity index is 912. The molecule has 5 nitrogen and oxygen atoms in total. The van der Waals surface area contributed by atoms with E-state index in [9.17, 15) is 18.0 Å². The largest absolute Gasteiger partial charge is 0.453 e. The number of allylic oxidation sites excluding steroid dienone is 2. The molecule has 4 rings (SSSR count). The first-order valence-electron chi connectivity index (χ1n) is 8.37. The van der Waals surface area contributed by atoms with E-state index in [-0.39, 0.29) is 17.6 Å². The van der Waals surface area contributed by atoms with E-state index < -0.39 is 18.0 Å². The van der Waals surface area contributed by atoms with Crippen LogP contribution < -0.4 is 5.32 Å². The van der Waals surface area contributed by atoms with Crippen molar-refractivity contribution < 1.29 is 18.0 Å². The van der Waals surface area contributed by atoms with Gasteiger partial charge in [0, 0.05) is 17.7 Å². The van der Waals surface area contributed by atoms with Crippen LogP contribution in [-0.4, -0.2) is 20.5 Å². The number of ketones is 1. The fourth-order valence-corrected chi connectivity index (χ4v) is 3.58. The van der Waals surface area contributed by atoms with Gasteiger partial charge in [0.05, 0.1) is 0 Å². The molecule has 0 spiro atoms. The zero-order chi connectivity index (χ0) is 18.6. The van der Waals surface area contributed by atoms with Gasteiger partial charge in [-0.25, -0.2) is 4.68 Å². The lowest BCUT2D eigenvalue weighted by Crippen LogP contribution is -2.33. The number of Topliss-reactive ketones (excluding diaryl/α,β-unsaturated/α-hetero) is 1. The van der Waals surface area contributed by atoms with Crippen LogP contribution >= 0.6 is 0 Å². The number of aromatic nitrogens is 3. The molecule has 2 aromatic rings. The molecular formula is C18H17F3N4O. The Morgan fingerprint density at radius 2 is 1.88 bits per heavy atom. The molecule has 1 aromatic carbocycles. The van der Waals surface area contributed by atoms with Gasteiger partial charge >= 0.3 is 6.18 Å². The summed E-state index contributed by atoms with van der Waals surface area (Å²) in [7, 11) is 0. The minimum absolute atomic E-state index is 0.0172. The molecule has 2 atom stereocenters. The van der Waals surface area contributed by atoms with Crippen LogP contribution in [-0.2, 0) is 11.0 Å². The monoisotopic (exact) mass is 362 g/mol. The quantitative estimate of drug-likeness (QED) is 0.837. The molecule has 1 aliphatic carbocycles. The van der Waals surface area contributed by atoms with E-state index in [2.05, 4.69) is 15.4 Å². The van der Waals surface area contributed by atoms with Crippen molar-refractivity contribution in [3.63, 3.8) is 0 Å². The third kappa shape index (κ3) is 2.69. The average Bonchev–Trinajstić information content (AvgIpc) is 2.97. The molecule has 0 fully saturated rings. The van der Waals surface area contributed by atoms with Crippen molar-refractivity contribution in [3.8, 4) is 0 Å². The molecule has 0 radical (unpaired) electrons. The molecule has 0 saturated heterocycles. The number of hydrogen-bond donors (Lipinski definition) is 1. The van der Waals surface area contributed by atoms with Gasteiger partial charge in [-0.15, -0.1) is 5.10 Å². The number of hydrogen-bond acceptors (Lipinski definition) is 4. The summed E-state index contributed by atoms with van der Waals surface area (Å²) in [6, 6.07) is 6.68. The number of carbonyl (C=O) groups is 1. The van der Waals surface area contributed by atoms with Crippen molar-refractivity contribution in [1.29, 1.82) is 0 Å². The predicted molar refractivity (Wildman–Crippen MR) is 88.4 cm³/mol. The summed E-state index contributed by atoms with van der Waals surface area (Å²) in [6.07, 6.45) is -3.68. The maximum Gasteiger partial charge on any atom is 0.453 e. The van der Waals surface area contributed by atoms with Gasteiger partial charge in [0.25, 0.3) is 5.82 Å². The van der Waals surface area contributed by atoms with Crippen LogP contribution in [0, 0.1) is 12.8 Å². The second kappa shape index (κ2) is 5.69. The molecule has 0 bridgehead atoms. The summed E-state index contributed by atoms with van der Waals surface area (Å²) in [5.41, 5.74) is 2.87. The SMILES string of the molecule is Cc1ccc([C@@H]2C3=C(C[C@@H](C)CC3=O)Nc3nc(C(F)(F)F)nn32)cc1. The van der Waals surface area contributed by atoms with Crippen LogP contribution in [0.15, 0.2) is 35.5 Å². The van der Waals surface area contributed by atoms with Crippen molar-refractivity contribution in [3.05, 3.63) is 52.5 Å². The summed E-state index contributed by atoms with van der Waals surface area (Å²) in [5.74, 6) is -1.13. The Morgan fingerprint density at radius 1 is 1.19 bits per heavy atom. The zero-order valence-electron chi connectivity index (χ0n) is 14.3. The second-order valence-electron chi connectivity index (χ2n) is 6.97. The predicted octanol–water partition coefficient (Wildman–Crippen LogP) is 3.87. The van der Waals surface area contributed by atoms with Crippen molar-refractivity contribution in [2.75, 3.05) is 5.32 Å². The van der Waals surface area contributed by atoms with Crippen molar-refractivity contribution in [1.82, 2.24) is 14.8 Å². The van der Waals surface area contributed by atoms with Crippen LogP contribution in [0.25, 0.3) is 0 Å². The molecule has 2 heterocycles. The average molecular weight is 362 g/mol. The van der Waals surface area contributed by atoms with Gasteiger partial charge < -0.3 is 5.32 Å². The standard InChI is InChI=1S/C18H17F3N4O/c1-9-3-5-11(6-4-9)15-14-12(7-10(2)8-13(14)26)22-17-23-16(18(19,20)21)24-25(15)17/h3-6,10,15H,7-8H2,1-2H3,(H,22,23,24)/t10-,15-/m1/s1. The van der Waals surface area contributed by atoms with Crippen LogP contribution in [0.3, 0.4) is 0 Å². The van der Waals surface area contributed by atoms with Gasteiger partial charge in [-0.1, -0.05) is 36.8 Å². The number of nitrogens with zero attached hydrogens (tertiary/aromatic N) is 3. The smallest absolute Gasteiger partial charge is 0.328 e. The fourth-order valence-electron chi connectivity index (χ4n) is 3.58. The number of benzene rings is 1. The number of nitrogens with one attached hydrogen (secondary N) is 1. The molecule has 1 aromatic heterocycles. The molecule has 8 heteroatoms. The Balaban J connectivity index is 1.90. The minimum atomic E-state index is -4.65. The third-order valence-corrected chi connectivity index (χ3v) is 4.77. The van der Waals surface area contributed by atoms with Crippen LogP contribution in [0.2, 0.25) is 0 Å². The third-order valence-electron chi connectivity index (χ3n) is 4.77. The van der Waals surface area contributed by atoms with Crippen LogP contribution in [0.4, 0.5) is 19.1 Å². The van der Waals surface area contributed by atoms with Crippen molar-refractivity contribution in [2.45, 2.75) is 38.9 Å². The molecule has 0 amide bonds. The van der Waals surface area contributed by atoms with E-state index in [1.807, 2.05) is 38.1 Å². The van der Waals surface area contributed by atoms with Crippen molar-refractivity contribution >= 4 is 11.7 Å². The number of rotatable bonds is 1. The molecular weight excluding hydrogens is 345 g/mol. The molecule has 136 valence electrons. The summed E-state index contributed by atoms with van der Waals surface area (Å²) >= 11 is 0. The lowest BCUT2D eigenvalue weighted by atomic mass is 9.81. The van der Waals surface area contributed by atoms with Gasteiger partial charge in [0.1, 0.15) is 6.04 Å². The molecule has 26 heavy (non-hydrogen) atoms. The summed E-state index contributed by atoms with van der Waals surface area (Å²) in [4.78, 5) is 16.3. The van der Waals surface area contributed by atoms with E-state index in [1.165, 1.54) is 4.68 Å². The highest BCUT2D eigenvalue weighted by Gasteiger charge is 2.42. The first-order valence-corrected chi connectivity index (χ1v) is 8.37. The van der Waals surface area contributed by atoms with E-state index >= 15 is 0 Å². The molecule has 0 unspecified atom stereocenters. The molecule has 1 aliphatic heterocycles. The van der Waals surface area contributed by atoms with Gasteiger partial charge in [0.15, 0.2) is 5.78 Å². The Kier molecular flexibility index (Phi) is 3.68. The fraction of sp³-hybridized carbons (Fsp3) is 0.389. The summed E-state index contributed by atoms with van der Waals surface area (Å²) in [5, 5.41) is 6.59. The Morgan fingerprint density at radius 3 is 2.54 bits per heavy atom. The molecule has 1 N–H and O–H groups in total. The van der Waals surface area contributed by atoms with Gasteiger partial charge in [-0.3, -0.25) is 4.79 Å². The molecule has 0 saturated carbocycles. The number of anilines is 1. The lowest BCUT2D eigenvalue weighted by molar-refractivity contribution is -0.145. The topological polar surface area (TPSA) is 59.8 Å². The van der Waals surface area contributed by atoms with Crippen LogP contribution in [0.1, 0.15) is 42.8 Å². The van der Waals surface area contributed by atoms with Gasteiger partial charge in [0.2, 0.25) is 5.95 Å². The van der Waals surface area contributed by atoms with E-state index in [0.29, 0.717) is 29.7 Å². The highest BCUT2D eigenvalue weighted by Crippen LogP contribution is 2.42. The number of halogens is 3. The van der Waals surface area contributed by atoms with E-state index in [1.54, 1.807) is 0 Å². The summed E-state index contributed by atoms with van der Waals surface area (Å²) in [6.45, 7) is 3.87. The van der Waals surface area contributed by atoms with E-state index in [0.717, 1.165) is 5.56 Å². The van der Waals surface area contributed by atoms with Gasteiger partial charge in [-0.2, -0.15) is 18.2 Å². The maximum absolute atomic E-state index is 13.1. The zero-order valence-corrected chi connectivity index (χ0v) is 14.3. The first kappa shape index (κ1) is 16.8. The number of alkyl halides is 3. The number of fused-ring (bicyclic) bond motifs is 1. The molecule has 2 aliphatic rings. The number of aryl methyl sites for hydroxylation is 1. The van der Waals surface area contributed by atoms with Gasteiger partial charge in [-0.05, 0) is 24.8 Å². The normalized spacial score (nSPS) is 22.7. The minimum Gasteiger partial charge on any atom is -0.328 e. The highest BCUT2D eigenvalue weighted by atomic mass is 19.4. The maximum atomic E-state index is 13.1. The Labute approximate surface area is 147 Å². The second-order valence-corrected chi connectivity index (χ2v) is 6.97. The van der Waals surface area contributed by atoms with E-state index in [4.69, 9.17) is 0 Å².